The molecule has 0 spiro atoms. The summed E-state index contributed by atoms with van der Waals surface area (Å²) >= 11 is 4.73. The number of ether oxygens (including phenoxy) is 1. The number of nitrogens with one attached hydrogen (secondary N) is 1. The first kappa shape index (κ1) is 25.3. The summed E-state index contributed by atoms with van der Waals surface area (Å²) in [5.41, 5.74) is 1.41. The minimum Gasteiger partial charge on any atom is -0.494 e. The monoisotopic (exact) mass is 531 g/mol. The normalized spacial score (nSPS) is 17.3. The van der Waals surface area contributed by atoms with Crippen LogP contribution < -0.4 is 10.1 Å². The van der Waals surface area contributed by atoms with Gasteiger partial charge in [0.1, 0.15) is 11.0 Å². The van der Waals surface area contributed by atoms with Crippen molar-refractivity contribution < 1.29 is 14.3 Å². The van der Waals surface area contributed by atoms with E-state index in [1.807, 2.05) is 55.5 Å². The molecule has 176 valence electrons. The van der Waals surface area contributed by atoms with E-state index >= 15 is 0 Å². The first-order valence-electron chi connectivity index (χ1n) is 11.3. The lowest BCUT2D eigenvalue weighted by atomic mass is 10.2. The first-order chi connectivity index (χ1) is 16.0. The van der Waals surface area contributed by atoms with E-state index in [1.165, 1.54) is 31.0 Å². The molecule has 2 amide bonds. The molecule has 1 fully saturated rings. The zero-order valence-corrected chi connectivity index (χ0v) is 21.5. The predicted octanol–water partition coefficient (Wildman–Crippen LogP) is 6.39. The van der Waals surface area contributed by atoms with E-state index in [1.54, 1.807) is 4.90 Å². The minimum absolute atomic E-state index is 0.0981. The van der Waals surface area contributed by atoms with Crippen LogP contribution in [0.3, 0.4) is 0 Å². The molecule has 1 aliphatic rings. The third-order valence-corrected chi connectivity index (χ3v) is 6.90. The van der Waals surface area contributed by atoms with Crippen LogP contribution in [0, 0.1) is 0 Å². The van der Waals surface area contributed by atoms with Gasteiger partial charge < -0.3 is 10.1 Å². The van der Waals surface area contributed by atoms with Crippen LogP contribution in [0.2, 0.25) is 0 Å². The Labute approximate surface area is 208 Å². The van der Waals surface area contributed by atoms with Gasteiger partial charge in [0.2, 0.25) is 11.8 Å². The van der Waals surface area contributed by atoms with Gasteiger partial charge in [0.05, 0.1) is 12.3 Å². The topological polar surface area (TPSA) is 71.0 Å². The number of amidine groups is 1. The molecule has 6 nitrogen and oxygen atoms in total. The molecule has 1 aliphatic heterocycles. The second kappa shape index (κ2) is 12.8. The molecule has 1 unspecified atom stereocenters. The first-order valence-corrected chi connectivity index (χ1v) is 13.0. The van der Waals surface area contributed by atoms with Gasteiger partial charge in [0, 0.05) is 23.1 Å². The molecular formula is C25H30BrN3O3S. The average molecular weight is 533 g/mol. The summed E-state index contributed by atoms with van der Waals surface area (Å²) in [7, 11) is 0. The van der Waals surface area contributed by atoms with Crippen molar-refractivity contribution in [3.05, 3.63) is 53.0 Å². The fourth-order valence-corrected chi connectivity index (χ4v) is 4.78. The van der Waals surface area contributed by atoms with Gasteiger partial charge in [-0.2, -0.15) is 0 Å². The summed E-state index contributed by atoms with van der Waals surface area (Å²) in [6, 6.07) is 14.9. The number of halogens is 1. The molecule has 33 heavy (non-hydrogen) atoms. The number of thioether (sulfide) groups is 1. The summed E-state index contributed by atoms with van der Waals surface area (Å²) in [5, 5.41) is 2.93. The Kier molecular flexibility index (Phi) is 9.81. The van der Waals surface area contributed by atoms with Gasteiger partial charge in [-0.25, -0.2) is 4.99 Å². The van der Waals surface area contributed by atoms with Crippen molar-refractivity contribution in [2.24, 2.45) is 4.99 Å². The lowest BCUT2D eigenvalue weighted by Crippen LogP contribution is -2.45. The van der Waals surface area contributed by atoms with E-state index in [0.717, 1.165) is 22.3 Å². The Balaban J connectivity index is 1.61. The minimum atomic E-state index is -0.538. The maximum Gasteiger partial charge on any atom is 0.238 e. The third-order valence-electron chi connectivity index (χ3n) is 5.19. The smallest absolute Gasteiger partial charge is 0.238 e. The zero-order valence-electron chi connectivity index (χ0n) is 19.1. The highest BCUT2D eigenvalue weighted by molar-refractivity contribution is 9.10. The second-order valence-corrected chi connectivity index (χ2v) is 9.83. The molecule has 0 aromatic heterocycles. The van der Waals surface area contributed by atoms with Gasteiger partial charge in [-0.1, -0.05) is 53.9 Å². The molecule has 1 atom stereocenters. The van der Waals surface area contributed by atoms with Crippen LogP contribution in [0.1, 0.15) is 46.0 Å². The highest BCUT2D eigenvalue weighted by Crippen LogP contribution is 2.30. The highest BCUT2D eigenvalue weighted by atomic mass is 79.9. The summed E-state index contributed by atoms with van der Waals surface area (Å²) in [4.78, 5) is 31.9. The van der Waals surface area contributed by atoms with Gasteiger partial charge in [0.15, 0.2) is 5.17 Å². The number of rotatable bonds is 10. The van der Waals surface area contributed by atoms with Crippen molar-refractivity contribution in [1.29, 1.82) is 0 Å². The number of carbonyl (C=O) groups excluding carboxylic acids is 2. The Morgan fingerprint density at radius 2 is 1.85 bits per heavy atom. The molecule has 2 aromatic rings. The van der Waals surface area contributed by atoms with Crippen molar-refractivity contribution in [2.75, 3.05) is 18.5 Å². The van der Waals surface area contributed by atoms with Crippen LogP contribution in [0.15, 0.2) is 58.0 Å². The molecule has 0 saturated carbocycles. The van der Waals surface area contributed by atoms with Gasteiger partial charge >= 0.3 is 0 Å². The molecular weight excluding hydrogens is 502 g/mol. The molecule has 0 radical (unpaired) electrons. The Hall–Kier alpha value is -2.32. The number of unbranched alkanes of at least 4 members (excludes halogenated alkanes) is 3. The Bertz CT molecular complexity index is 964. The van der Waals surface area contributed by atoms with Crippen LogP contribution in [0.5, 0.6) is 5.75 Å². The van der Waals surface area contributed by atoms with Crippen molar-refractivity contribution in [3.63, 3.8) is 0 Å². The van der Waals surface area contributed by atoms with E-state index < -0.39 is 5.25 Å². The predicted molar refractivity (Wildman–Crippen MR) is 139 cm³/mol. The lowest BCUT2D eigenvalue weighted by molar-refractivity contribution is -0.129. The number of hydrogen-bond acceptors (Lipinski definition) is 5. The zero-order chi connectivity index (χ0) is 23.6. The Morgan fingerprint density at radius 3 is 2.52 bits per heavy atom. The van der Waals surface area contributed by atoms with E-state index in [2.05, 4.69) is 33.2 Å². The Morgan fingerprint density at radius 1 is 1.12 bits per heavy atom. The van der Waals surface area contributed by atoms with Crippen LogP contribution in [0.25, 0.3) is 0 Å². The number of benzene rings is 2. The fourth-order valence-electron chi connectivity index (χ4n) is 3.35. The van der Waals surface area contributed by atoms with Gasteiger partial charge in [-0.3, -0.25) is 14.5 Å². The van der Waals surface area contributed by atoms with Crippen molar-refractivity contribution >= 4 is 56.0 Å². The van der Waals surface area contributed by atoms with Crippen LogP contribution in [-0.4, -0.2) is 40.3 Å². The molecule has 1 heterocycles. The van der Waals surface area contributed by atoms with Crippen LogP contribution >= 0.6 is 27.7 Å². The van der Waals surface area contributed by atoms with Crippen molar-refractivity contribution in [2.45, 2.75) is 51.2 Å². The van der Waals surface area contributed by atoms with E-state index in [-0.39, 0.29) is 18.2 Å². The summed E-state index contributed by atoms with van der Waals surface area (Å²) in [5.74, 6) is 0.481. The number of carbonyl (C=O) groups is 2. The van der Waals surface area contributed by atoms with E-state index in [0.29, 0.717) is 24.0 Å². The summed E-state index contributed by atoms with van der Waals surface area (Å²) in [6.07, 6.45) is 4.78. The largest absolute Gasteiger partial charge is 0.494 e. The lowest BCUT2D eigenvalue weighted by Gasteiger charge is -2.30. The third kappa shape index (κ3) is 7.61. The number of hydrogen-bond donors (Lipinski definition) is 1. The SMILES string of the molecule is CCCCCCOc1ccc(NC(=O)C2CC(=O)N(CC)C(=Nc3ccc(Br)cc3)S2)cc1. The maximum absolute atomic E-state index is 12.9. The van der Waals surface area contributed by atoms with E-state index in [4.69, 9.17) is 4.74 Å². The molecule has 0 bridgehead atoms. The van der Waals surface area contributed by atoms with Crippen molar-refractivity contribution in [3.8, 4) is 5.75 Å². The number of anilines is 1. The molecule has 2 aromatic carbocycles. The quantitative estimate of drug-likeness (QED) is 0.360. The van der Waals surface area contributed by atoms with E-state index in [9.17, 15) is 9.59 Å². The van der Waals surface area contributed by atoms with Gasteiger partial charge in [-0.05, 0) is 61.9 Å². The van der Waals surface area contributed by atoms with Crippen LogP contribution in [-0.2, 0) is 9.59 Å². The molecule has 3 rings (SSSR count). The average Bonchev–Trinajstić information content (AvgIpc) is 2.81. The highest BCUT2D eigenvalue weighted by Gasteiger charge is 2.35. The summed E-state index contributed by atoms with van der Waals surface area (Å²) < 4.78 is 6.71. The second-order valence-electron chi connectivity index (χ2n) is 7.74. The number of amides is 2. The van der Waals surface area contributed by atoms with Crippen LogP contribution in [0.4, 0.5) is 11.4 Å². The summed E-state index contributed by atoms with van der Waals surface area (Å²) in [6.45, 7) is 5.30. The number of nitrogens with zero attached hydrogens (tertiary/aromatic N) is 2. The van der Waals surface area contributed by atoms with Gasteiger partial charge in [0.25, 0.3) is 0 Å². The van der Waals surface area contributed by atoms with Crippen molar-refractivity contribution in [1.82, 2.24) is 4.90 Å². The molecule has 8 heteroatoms. The fraction of sp³-hybridized carbons (Fsp3) is 0.400. The molecule has 1 saturated heterocycles. The standard InChI is InChI=1S/C25H30BrN3O3S/c1-3-5-6-7-16-32-21-14-12-19(13-15-21)27-24(31)22-17-23(30)29(4-2)25(33-22)28-20-10-8-18(26)9-11-20/h8-15,22H,3-7,16-17H2,1-2H3,(H,27,31). The molecule has 1 N–H and O–H groups in total. The van der Waals surface area contributed by atoms with Gasteiger partial charge in [-0.15, -0.1) is 0 Å². The maximum atomic E-state index is 12.9. The number of aliphatic imine (C=N–C) groups is 1. The molecule has 0 aliphatic carbocycles.